The number of fused-ring (bicyclic) bond motifs is 3. The van der Waals surface area contributed by atoms with Gasteiger partial charge in [-0.2, -0.15) is 0 Å². The highest BCUT2D eigenvalue weighted by atomic mass is 16.5. The lowest BCUT2D eigenvalue weighted by molar-refractivity contribution is 0.100. The molecule has 0 saturated heterocycles. The standard InChI is InChI=1S/C28H23N2O2/c1-2-19-13-16-23-26(17-19)30(25-10-6-9-24(27(23)25)28(29)31)18-20-11-14-22(15-12-20)32-21-7-4-3-5-8-21/h3-15,17H,2,18H2,1H3,(H2,29,31). The average molecular weight is 420 g/mol. The Labute approximate surface area is 186 Å². The highest BCUT2D eigenvalue weighted by molar-refractivity contribution is 6.17. The zero-order valence-electron chi connectivity index (χ0n) is 17.8. The number of carbonyl (C=O) groups is 1. The van der Waals surface area contributed by atoms with Crippen LogP contribution in [0.15, 0.2) is 84.9 Å². The molecular formula is C28H23N2O2. The van der Waals surface area contributed by atoms with Crippen LogP contribution in [0.1, 0.15) is 28.4 Å². The quantitative estimate of drug-likeness (QED) is 0.362. The van der Waals surface area contributed by atoms with Crippen molar-refractivity contribution in [2.45, 2.75) is 19.9 Å². The fraction of sp³-hybridized carbons (Fsp3) is 0.107. The summed E-state index contributed by atoms with van der Waals surface area (Å²) in [7, 11) is 0. The van der Waals surface area contributed by atoms with Gasteiger partial charge in [-0.05, 0) is 66.1 Å². The van der Waals surface area contributed by atoms with Crippen LogP contribution in [0.3, 0.4) is 0 Å². The molecule has 0 fully saturated rings. The molecule has 0 atom stereocenters. The zero-order valence-corrected chi connectivity index (χ0v) is 17.8. The number of benzene rings is 4. The molecule has 1 aromatic heterocycles. The number of ether oxygens (including phenoxy) is 1. The number of hydrogen-bond acceptors (Lipinski definition) is 2. The number of amides is 1. The van der Waals surface area contributed by atoms with Crippen molar-refractivity contribution in [3.05, 3.63) is 108 Å². The van der Waals surface area contributed by atoms with Crippen LogP contribution in [-0.4, -0.2) is 10.5 Å². The highest BCUT2D eigenvalue weighted by Crippen LogP contribution is 2.33. The van der Waals surface area contributed by atoms with Crippen molar-refractivity contribution in [1.29, 1.82) is 0 Å². The smallest absolute Gasteiger partial charge is 0.249 e. The summed E-state index contributed by atoms with van der Waals surface area (Å²) in [6, 6.07) is 31.1. The molecule has 0 aliphatic heterocycles. The van der Waals surface area contributed by atoms with E-state index >= 15 is 0 Å². The number of nitrogens with zero attached hydrogens (tertiary/aromatic N) is 1. The fourth-order valence-electron chi connectivity index (χ4n) is 4.15. The molecule has 0 unspecified atom stereocenters. The number of primary amides is 1. The van der Waals surface area contributed by atoms with E-state index in [4.69, 9.17) is 10.5 Å². The largest absolute Gasteiger partial charge is 0.457 e. The number of aromatic nitrogens is 1. The maximum absolute atomic E-state index is 12.1. The first-order chi connectivity index (χ1) is 15.6. The van der Waals surface area contributed by atoms with Crippen LogP contribution < -0.4 is 10.5 Å². The number of hydrogen-bond donors (Lipinski definition) is 1. The third-order valence-electron chi connectivity index (χ3n) is 5.77. The van der Waals surface area contributed by atoms with Crippen molar-refractivity contribution in [1.82, 2.24) is 4.57 Å². The third kappa shape index (κ3) is 3.60. The van der Waals surface area contributed by atoms with Crippen LogP contribution in [0.2, 0.25) is 0 Å². The molecule has 4 aromatic carbocycles. The van der Waals surface area contributed by atoms with Gasteiger partial charge in [-0.3, -0.25) is 4.79 Å². The molecule has 0 aliphatic rings. The molecule has 1 heterocycles. The van der Waals surface area contributed by atoms with E-state index in [0.29, 0.717) is 12.1 Å². The van der Waals surface area contributed by atoms with Gasteiger partial charge in [-0.15, -0.1) is 0 Å². The summed E-state index contributed by atoms with van der Waals surface area (Å²) in [4.78, 5) is 12.1. The van der Waals surface area contributed by atoms with E-state index in [2.05, 4.69) is 35.8 Å². The van der Waals surface area contributed by atoms with Crippen molar-refractivity contribution in [3.63, 3.8) is 0 Å². The van der Waals surface area contributed by atoms with Gasteiger partial charge in [0, 0.05) is 22.9 Å². The Balaban J connectivity index is 1.57. The SMILES string of the molecule is CCc1c[c]c2c3c(C(N)=O)cccc3n(Cc3ccc(Oc4ccccc4)cc3)c2c1. The van der Waals surface area contributed by atoms with E-state index in [-0.39, 0.29) is 0 Å². The number of rotatable bonds is 6. The summed E-state index contributed by atoms with van der Waals surface area (Å²) in [5.74, 6) is 1.18. The van der Waals surface area contributed by atoms with Gasteiger partial charge >= 0.3 is 0 Å². The van der Waals surface area contributed by atoms with Crippen molar-refractivity contribution < 1.29 is 9.53 Å². The highest BCUT2D eigenvalue weighted by Gasteiger charge is 2.17. The Morgan fingerprint density at radius 1 is 0.906 bits per heavy atom. The molecule has 0 bridgehead atoms. The normalized spacial score (nSPS) is 11.2. The second-order valence-corrected chi connectivity index (χ2v) is 7.83. The minimum atomic E-state index is -0.426. The molecule has 5 aromatic rings. The number of carbonyl (C=O) groups excluding carboxylic acids is 1. The number of aryl methyl sites for hydroxylation is 1. The minimum absolute atomic E-state index is 0.426. The van der Waals surface area contributed by atoms with Gasteiger partial charge in [0.1, 0.15) is 11.5 Å². The molecule has 32 heavy (non-hydrogen) atoms. The van der Waals surface area contributed by atoms with Crippen LogP contribution in [-0.2, 0) is 13.0 Å². The van der Waals surface area contributed by atoms with Gasteiger partial charge in [0.15, 0.2) is 0 Å². The minimum Gasteiger partial charge on any atom is -0.457 e. The lowest BCUT2D eigenvalue weighted by Gasteiger charge is -2.10. The van der Waals surface area contributed by atoms with Crippen LogP contribution in [0, 0.1) is 6.07 Å². The maximum Gasteiger partial charge on any atom is 0.249 e. The summed E-state index contributed by atoms with van der Waals surface area (Å²) in [5, 5.41) is 1.79. The second kappa shape index (κ2) is 8.23. The Hall–Kier alpha value is -4.05. The summed E-state index contributed by atoms with van der Waals surface area (Å²) >= 11 is 0. The van der Waals surface area contributed by atoms with Crippen LogP contribution in [0.25, 0.3) is 21.8 Å². The average Bonchev–Trinajstić information content (AvgIpc) is 3.13. The second-order valence-electron chi connectivity index (χ2n) is 7.83. The molecule has 2 N–H and O–H groups in total. The Morgan fingerprint density at radius 2 is 1.66 bits per heavy atom. The molecule has 4 nitrogen and oxygen atoms in total. The first-order valence-corrected chi connectivity index (χ1v) is 10.7. The van der Waals surface area contributed by atoms with E-state index in [0.717, 1.165) is 45.3 Å². The Kier molecular flexibility index (Phi) is 5.12. The summed E-state index contributed by atoms with van der Waals surface area (Å²) in [6.45, 7) is 2.79. The van der Waals surface area contributed by atoms with Crippen LogP contribution >= 0.6 is 0 Å². The summed E-state index contributed by atoms with van der Waals surface area (Å²) in [6.07, 6.45) is 0.919. The van der Waals surface area contributed by atoms with E-state index in [9.17, 15) is 4.79 Å². The van der Waals surface area contributed by atoms with Crippen LogP contribution in [0.4, 0.5) is 0 Å². The lowest BCUT2D eigenvalue weighted by atomic mass is 10.0. The van der Waals surface area contributed by atoms with Gasteiger partial charge in [0.2, 0.25) is 5.91 Å². The van der Waals surface area contributed by atoms with Gasteiger partial charge in [-0.1, -0.05) is 49.4 Å². The van der Waals surface area contributed by atoms with Crippen molar-refractivity contribution in [3.8, 4) is 11.5 Å². The topological polar surface area (TPSA) is 57.2 Å². The van der Waals surface area contributed by atoms with E-state index in [1.165, 1.54) is 5.56 Å². The molecule has 5 rings (SSSR count). The monoisotopic (exact) mass is 419 g/mol. The molecule has 157 valence electrons. The lowest BCUT2D eigenvalue weighted by Crippen LogP contribution is -2.11. The molecule has 1 amide bonds. The number of nitrogens with two attached hydrogens (primary N) is 1. The molecule has 0 saturated carbocycles. The van der Waals surface area contributed by atoms with Gasteiger partial charge in [0.25, 0.3) is 0 Å². The summed E-state index contributed by atoms with van der Waals surface area (Å²) in [5.41, 5.74) is 10.6. The van der Waals surface area contributed by atoms with E-state index in [1.54, 1.807) is 6.07 Å². The molecule has 0 aliphatic carbocycles. The molecule has 1 radical (unpaired) electrons. The fourth-order valence-corrected chi connectivity index (χ4v) is 4.15. The molecule has 0 spiro atoms. The zero-order chi connectivity index (χ0) is 22.1. The van der Waals surface area contributed by atoms with Crippen molar-refractivity contribution in [2.24, 2.45) is 5.73 Å². The molecular weight excluding hydrogens is 396 g/mol. The van der Waals surface area contributed by atoms with Gasteiger partial charge in [-0.25, -0.2) is 0 Å². The van der Waals surface area contributed by atoms with Gasteiger partial charge in [0.05, 0.1) is 11.0 Å². The predicted molar refractivity (Wildman–Crippen MR) is 128 cm³/mol. The number of para-hydroxylation sites is 1. The van der Waals surface area contributed by atoms with E-state index < -0.39 is 5.91 Å². The van der Waals surface area contributed by atoms with Crippen molar-refractivity contribution in [2.75, 3.05) is 0 Å². The third-order valence-corrected chi connectivity index (χ3v) is 5.77. The van der Waals surface area contributed by atoms with Crippen LogP contribution in [0.5, 0.6) is 11.5 Å². The van der Waals surface area contributed by atoms with E-state index in [1.807, 2.05) is 60.7 Å². The first kappa shape index (κ1) is 19.9. The van der Waals surface area contributed by atoms with Crippen molar-refractivity contribution >= 4 is 27.7 Å². The first-order valence-electron chi connectivity index (χ1n) is 10.7. The predicted octanol–water partition coefficient (Wildman–Crippen LogP) is 6.10. The molecule has 4 heteroatoms. The Morgan fingerprint density at radius 3 is 2.38 bits per heavy atom. The summed E-state index contributed by atoms with van der Waals surface area (Å²) < 4.78 is 8.15. The maximum atomic E-state index is 12.1. The van der Waals surface area contributed by atoms with Gasteiger partial charge < -0.3 is 15.0 Å². The Bertz CT molecular complexity index is 1420.